The zero-order valence-corrected chi connectivity index (χ0v) is 15.3. The van der Waals surface area contributed by atoms with Crippen LogP contribution in [0.1, 0.15) is 11.1 Å². The Kier molecular flexibility index (Phi) is 3.92. The van der Waals surface area contributed by atoms with E-state index in [1.165, 1.54) is 0 Å². The molecule has 0 aliphatic carbocycles. The van der Waals surface area contributed by atoms with Crippen molar-refractivity contribution in [1.29, 1.82) is 0 Å². The van der Waals surface area contributed by atoms with E-state index in [1.54, 1.807) is 19.3 Å². The average molecular weight is 413 g/mol. The summed E-state index contributed by atoms with van der Waals surface area (Å²) in [4.78, 5) is 23.2. The van der Waals surface area contributed by atoms with E-state index in [1.807, 2.05) is 30.3 Å². The molecule has 0 aliphatic heterocycles. The minimum Gasteiger partial charge on any atom is -0.481 e. The second-order valence-corrected chi connectivity index (χ2v) is 6.98. The van der Waals surface area contributed by atoms with Crippen molar-refractivity contribution in [3.63, 3.8) is 0 Å². The Hall–Kier alpha value is -2.86. The summed E-state index contributed by atoms with van der Waals surface area (Å²) < 4.78 is 12.0. The summed E-state index contributed by atoms with van der Waals surface area (Å²) in [6.07, 6.45) is 1.30. The van der Waals surface area contributed by atoms with E-state index in [0.717, 1.165) is 21.0 Å². The van der Waals surface area contributed by atoms with E-state index in [2.05, 4.69) is 15.9 Å². The predicted octanol–water partition coefficient (Wildman–Crippen LogP) is 4.90. The second-order valence-electron chi connectivity index (χ2n) is 6.06. The first-order valence-electron chi connectivity index (χ1n) is 7.89. The summed E-state index contributed by atoms with van der Waals surface area (Å²) in [7, 11) is 0. The van der Waals surface area contributed by atoms with Crippen molar-refractivity contribution in [1.82, 2.24) is 0 Å². The number of furan rings is 1. The highest BCUT2D eigenvalue weighted by Gasteiger charge is 2.17. The van der Waals surface area contributed by atoms with Crippen LogP contribution in [0, 0.1) is 6.92 Å². The van der Waals surface area contributed by atoms with Gasteiger partial charge in [0.1, 0.15) is 11.2 Å². The molecule has 0 atom stereocenters. The molecule has 130 valence electrons. The molecule has 0 spiro atoms. The van der Waals surface area contributed by atoms with E-state index in [0.29, 0.717) is 22.1 Å². The Labute approximate surface area is 156 Å². The average Bonchev–Trinajstić information content (AvgIpc) is 3.00. The largest absolute Gasteiger partial charge is 0.481 e. The smallest absolute Gasteiger partial charge is 0.340 e. The number of benzene rings is 2. The Morgan fingerprint density at radius 2 is 1.85 bits per heavy atom. The van der Waals surface area contributed by atoms with Crippen molar-refractivity contribution in [2.45, 2.75) is 13.3 Å². The number of hydrogen-bond acceptors (Lipinski definition) is 4. The number of hydrogen-bond donors (Lipinski definition) is 1. The number of rotatable bonds is 3. The van der Waals surface area contributed by atoms with Gasteiger partial charge in [-0.25, -0.2) is 4.79 Å². The first-order chi connectivity index (χ1) is 12.4. The maximum Gasteiger partial charge on any atom is 0.340 e. The zero-order valence-electron chi connectivity index (χ0n) is 13.7. The molecular formula is C20H13BrO5. The normalized spacial score (nSPS) is 11.3. The number of aliphatic carboxylic acids is 1. The van der Waals surface area contributed by atoms with Crippen LogP contribution in [-0.2, 0) is 11.2 Å². The Bertz CT molecular complexity index is 1220. The minimum atomic E-state index is -1.07. The molecule has 2 aromatic carbocycles. The topological polar surface area (TPSA) is 80.6 Å². The van der Waals surface area contributed by atoms with Gasteiger partial charge in [-0.3, -0.25) is 4.79 Å². The van der Waals surface area contributed by atoms with Crippen molar-refractivity contribution >= 4 is 43.8 Å². The molecule has 0 saturated heterocycles. The van der Waals surface area contributed by atoms with Crippen LogP contribution in [0.15, 0.2) is 60.8 Å². The molecule has 0 bridgehead atoms. The van der Waals surface area contributed by atoms with Gasteiger partial charge in [-0.2, -0.15) is 0 Å². The van der Waals surface area contributed by atoms with Gasteiger partial charge < -0.3 is 13.9 Å². The fourth-order valence-electron chi connectivity index (χ4n) is 3.12. The third kappa shape index (κ3) is 2.72. The van der Waals surface area contributed by atoms with Gasteiger partial charge in [-0.15, -0.1) is 0 Å². The van der Waals surface area contributed by atoms with Crippen LogP contribution in [-0.4, -0.2) is 11.1 Å². The highest BCUT2D eigenvalue weighted by Crippen LogP contribution is 2.35. The first-order valence-corrected chi connectivity index (χ1v) is 8.68. The van der Waals surface area contributed by atoms with E-state index in [9.17, 15) is 9.59 Å². The van der Waals surface area contributed by atoms with Gasteiger partial charge in [0.05, 0.1) is 18.2 Å². The maximum atomic E-state index is 12.1. The molecule has 0 fully saturated rings. The highest BCUT2D eigenvalue weighted by atomic mass is 79.9. The van der Waals surface area contributed by atoms with Crippen LogP contribution in [0.25, 0.3) is 33.1 Å². The molecule has 26 heavy (non-hydrogen) atoms. The fraction of sp³-hybridized carbons (Fsp3) is 0.100. The molecule has 2 heterocycles. The molecule has 4 aromatic rings. The van der Waals surface area contributed by atoms with Gasteiger partial charge in [0.15, 0.2) is 0 Å². The van der Waals surface area contributed by atoms with Crippen molar-refractivity contribution in [3.05, 3.63) is 68.7 Å². The van der Waals surface area contributed by atoms with Gasteiger partial charge in [0.25, 0.3) is 0 Å². The predicted molar refractivity (Wildman–Crippen MR) is 101 cm³/mol. The van der Waals surface area contributed by atoms with E-state index >= 15 is 0 Å². The van der Waals surface area contributed by atoms with Crippen molar-refractivity contribution in [3.8, 4) is 11.1 Å². The number of aryl methyl sites for hydroxylation is 1. The third-order valence-electron chi connectivity index (χ3n) is 4.46. The van der Waals surface area contributed by atoms with Gasteiger partial charge >= 0.3 is 11.6 Å². The van der Waals surface area contributed by atoms with Gasteiger partial charge in [-0.1, -0.05) is 28.1 Å². The van der Waals surface area contributed by atoms with E-state index in [4.69, 9.17) is 13.9 Å². The van der Waals surface area contributed by atoms with Gasteiger partial charge in [0, 0.05) is 26.9 Å². The van der Waals surface area contributed by atoms with Crippen molar-refractivity contribution in [2.75, 3.05) is 0 Å². The maximum absolute atomic E-state index is 12.1. The molecule has 2 aromatic heterocycles. The molecule has 0 saturated carbocycles. The molecule has 0 amide bonds. The van der Waals surface area contributed by atoms with Crippen LogP contribution in [0.5, 0.6) is 0 Å². The standard InChI is InChI=1S/C20H13BrO5/c1-10-13-6-15-16(11-2-4-12(21)5-3-11)9-25-17(15)8-18(13)26-20(24)14(10)7-19(22)23/h2-6,8-9H,7H2,1H3,(H,22,23). The summed E-state index contributed by atoms with van der Waals surface area (Å²) in [5, 5.41) is 10.6. The Balaban J connectivity index is 1.99. The van der Waals surface area contributed by atoms with Crippen molar-refractivity contribution < 1.29 is 18.7 Å². The summed E-state index contributed by atoms with van der Waals surface area (Å²) >= 11 is 3.42. The summed E-state index contributed by atoms with van der Waals surface area (Å²) in [6, 6.07) is 11.4. The molecular weight excluding hydrogens is 400 g/mol. The minimum absolute atomic E-state index is 0.165. The molecule has 0 unspecified atom stereocenters. The second kappa shape index (κ2) is 6.14. The number of carboxylic acids is 1. The van der Waals surface area contributed by atoms with E-state index in [-0.39, 0.29) is 12.0 Å². The lowest BCUT2D eigenvalue weighted by Crippen LogP contribution is -2.14. The lowest BCUT2D eigenvalue weighted by atomic mass is 9.99. The molecule has 1 N–H and O–H groups in total. The third-order valence-corrected chi connectivity index (χ3v) is 4.99. The van der Waals surface area contributed by atoms with Crippen molar-refractivity contribution in [2.24, 2.45) is 0 Å². The molecule has 4 rings (SSSR count). The van der Waals surface area contributed by atoms with Gasteiger partial charge in [-0.05, 0) is 36.2 Å². The summed E-state index contributed by atoms with van der Waals surface area (Å²) in [5.74, 6) is -1.07. The molecule has 5 nitrogen and oxygen atoms in total. The lowest BCUT2D eigenvalue weighted by molar-refractivity contribution is -0.136. The number of carbonyl (C=O) groups is 1. The van der Waals surface area contributed by atoms with Crippen LogP contribution in [0.4, 0.5) is 0 Å². The number of carboxylic acid groups (broad SMARTS) is 1. The summed E-state index contributed by atoms with van der Waals surface area (Å²) in [6.45, 7) is 1.74. The lowest BCUT2D eigenvalue weighted by Gasteiger charge is -2.06. The monoisotopic (exact) mass is 412 g/mol. The number of fused-ring (bicyclic) bond motifs is 2. The van der Waals surface area contributed by atoms with Gasteiger partial charge in [0.2, 0.25) is 0 Å². The van der Waals surface area contributed by atoms with Crippen LogP contribution >= 0.6 is 15.9 Å². The zero-order chi connectivity index (χ0) is 18.4. The Morgan fingerprint density at radius 3 is 2.54 bits per heavy atom. The number of halogens is 1. The van der Waals surface area contributed by atoms with Crippen LogP contribution in [0.3, 0.4) is 0 Å². The van der Waals surface area contributed by atoms with Crippen LogP contribution in [0.2, 0.25) is 0 Å². The fourth-order valence-corrected chi connectivity index (χ4v) is 3.38. The first kappa shape index (κ1) is 16.6. The molecule has 0 radical (unpaired) electrons. The molecule has 6 heteroatoms. The SMILES string of the molecule is Cc1c(CC(=O)O)c(=O)oc2cc3occ(-c4ccc(Br)cc4)c3cc12. The van der Waals surface area contributed by atoms with E-state index < -0.39 is 11.6 Å². The highest BCUT2D eigenvalue weighted by molar-refractivity contribution is 9.10. The summed E-state index contributed by atoms with van der Waals surface area (Å²) in [5.41, 5.74) is 3.04. The molecule has 0 aliphatic rings. The Morgan fingerprint density at radius 1 is 1.12 bits per heavy atom. The quantitative estimate of drug-likeness (QED) is 0.483. The van der Waals surface area contributed by atoms with Crippen LogP contribution < -0.4 is 5.63 Å².